The number of esters is 1. The lowest BCUT2D eigenvalue weighted by Crippen LogP contribution is -2.14. The third-order valence-electron chi connectivity index (χ3n) is 3.05. The van der Waals surface area contributed by atoms with E-state index >= 15 is 0 Å². The Morgan fingerprint density at radius 3 is 2.33 bits per heavy atom. The van der Waals surface area contributed by atoms with Crippen LogP contribution in [0.2, 0.25) is 0 Å². The summed E-state index contributed by atoms with van der Waals surface area (Å²) in [6.07, 6.45) is 0. The van der Waals surface area contributed by atoms with Gasteiger partial charge in [0.15, 0.2) is 6.61 Å². The molecule has 126 valence electrons. The van der Waals surface area contributed by atoms with Crippen molar-refractivity contribution in [1.82, 2.24) is 0 Å². The summed E-state index contributed by atoms with van der Waals surface area (Å²) in [7, 11) is 1.27. The zero-order valence-electron chi connectivity index (χ0n) is 12.7. The third-order valence-corrected chi connectivity index (χ3v) is 3.05. The Morgan fingerprint density at radius 2 is 1.71 bits per heavy atom. The molecule has 0 saturated carbocycles. The lowest BCUT2D eigenvalue weighted by Gasteiger charge is -2.10. The van der Waals surface area contributed by atoms with Gasteiger partial charge in [0.05, 0.1) is 18.2 Å². The standard InChI is InChI=1S/C17H14F2O5/c1-22-16(21)11-6-8-12(9-7-11)23-10-14(20)13-4-2-3-5-15(13)24-17(18)19/h2-9,17H,10H2,1H3. The van der Waals surface area contributed by atoms with Crippen LogP contribution >= 0.6 is 0 Å². The van der Waals surface area contributed by atoms with Crippen LogP contribution in [-0.2, 0) is 4.74 Å². The minimum atomic E-state index is -3.02. The fraction of sp³-hybridized carbons (Fsp3) is 0.176. The van der Waals surface area contributed by atoms with E-state index in [9.17, 15) is 18.4 Å². The van der Waals surface area contributed by atoms with Gasteiger partial charge < -0.3 is 14.2 Å². The maximum absolute atomic E-state index is 12.3. The van der Waals surface area contributed by atoms with Crippen LogP contribution in [0.15, 0.2) is 48.5 Å². The first kappa shape index (κ1) is 17.4. The average molecular weight is 336 g/mol. The number of halogens is 2. The minimum Gasteiger partial charge on any atom is -0.485 e. The molecule has 5 nitrogen and oxygen atoms in total. The van der Waals surface area contributed by atoms with Gasteiger partial charge in [-0.2, -0.15) is 8.78 Å². The normalized spacial score (nSPS) is 10.3. The maximum Gasteiger partial charge on any atom is 0.387 e. The summed E-state index contributed by atoms with van der Waals surface area (Å²) in [6, 6.07) is 11.7. The molecule has 7 heteroatoms. The van der Waals surface area contributed by atoms with Gasteiger partial charge in [-0.05, 0) is 36.4 Å². The van der Waals surface area contributed by atoms with Crippen molar-refractivity contribution in [2.45, 2.75) is 6.61 Å². The lowest BCUT2D eigenvalue weighted by molar-refractivity contribution is -0.0501. The zero-order chi connectivity index (χ0) is 17.5. The van der Waals surface area contributed by atoms with E-state index in [0.717, 1.165) is 0 Å². The third kappa shape index (κ3) is 4.52. The van der Waals surface area contributed by atoms with Crippen molar-refractivity contribution in [3.05, 3.63) is 59.7 Å². The monoisotopic (exact) mass is 336 g/mol. The molecule has 0 amide bonds. The molecule has 0 aliphatic rings. The number of ether oxygens (including phenoxy) is 3. The van der Waals surface area contributed by atoms with Crippen molar-refractivity contribution in [2.24, 2.45) is 0 Å². The molecular formula is C17H14F2O5. The van der Waals surface area contributed by atoms with Gasteiger partial charge in [-0.15, -0.1) is 0 Å². The molecule has 2 aromatic rings. The Bertz CT molecular complexity index is 713. The molecule has 0 saturated heterocycles. The quantitative estimate of drug-likeness (QED) is 0.573. The molecule has 2 aromatic carbocycles. The van der Waals surface area contributed by atoms with Crippen molar-refractivity contribution < 1.29 is 32.6 Å². The molecule has 0 spiro atoms. The summed E-state index contributed by atoms with van der Waals surface area (Å²) in [5, 5.41) is 0. The maximum atomic E-state index is 12.3. The molecule has 0 atom stereocenters. The summed E-state index contributed by atoms with van der Waals surface area (Å²) in [6.45, 7) is -3.38. The summed E-state index contributed by atoms with van der Waals surface area (Å²) in [5.41, 5.74) is 0.343. The Labute approximate surface area is 136 Å². The second kappa shape index (κ2) is 8.05. The Hall–Kier alpha value is -2.96. The van der Waals surface area contributed by atoms with Crippen molar-refractivity contribution in [3.63, 3.8) is 0 Å². The SMILES string of the molecule is COC(=O)c1ccc(OCC(=O)c2ccccc2OC(F)F)cc1. The van der Waals surface area contributed by atoms with Crippen molar-refractivity contribution in [1.29, 1.82) is 0 Å². The van der Waals surface area contributed by atoms with Crippen LogP contribution in [0.25, 0.3) is 0 Å². The molecule has 0 bridgehead atoms. The molecule has 0 aromatic heterocycles. The van der Waals surface area contributed by atoms with Crippen LogP contribution in [0.3, 0.4) is 0 Å². The number of carbonyl (C=O) groups excluding carboxylic acids is 2. The van der Waals surface area contributed by atoms with E-state index in [1.54, 1.807) is 0 Å². The van der Waals surface area contributed by atoms with Crippen LogP contribution in [-0.4, -0.2) is 32.1 Å². The Kier molecular flexibility index (Phi) is 5.83. The van der Waals surface area contributed by atoms with E-state index in [-0.39, 0.29) is 17.9 Å². The molecule has 0 N–H and O–H groups in total. The van der Waals surface area contributed by atoms with E-state index in [4.69, 9.17) is 4.74 Å². The van der Waals surface area contributed by atoms with Crippen LogP contribution in [0.5, 0.6) is 11.5 Å². The first-order chi connectivity index (χ1) is 11.5. The van der Waals surface area contributed by atoms with E-state index in [2.05, 4.69) is 9.47 Å². The molecule has 0 fully saturated rings. The summed E-state index contributed by atoms with van der Waals surface area (Å²) < 4.78 is 38.9. The van der Waals surface area contributed by atoms with Crippen LogP contribution in [0.1, 0.15) is 20.7 Å². The Morgan fingerprint density at radius 1 is 1.04 bits per heavy atom. The van der Waals surface area contributed by atoms with Gasteiger partial charge in [-0.25, -0.2) is 4.79 Å². The van der Waals surface area contributed by atoms with Crippen molar-refractivity contribution in [2.75, 3.05) is 13.7 Å². The second-order valence-electron chi connectivity index (χ2n) is 4.60. The number of para-hydroxylation sites is 1. The van der Waals surface area contributed by atoms with Crippen LogP contribution in [0.4, 0.5) is 8.78 Å². The summed E-state index contributed by atoms with van der Waals surface area (Å²) in [5.74, 6) is -0.857. The van der Waals surface area contributed by atoms with Gasteiger partial charge in [-0.1, -0.05) is 12.1 Å². The number of carbonyl (C=O) groups is 2. The highest BCUT2D eigenvalue weighted by atomic mass is 19.3. The van der Waals surface area contributed by atoms with Crippen LogP contribution < -0.4 is 9.47 Å². The lowest BCUT2D eigenvalue weighted by atomic mass is 10.1. The topological polar surface area (TPSA) is 61.8 Å². The summed E-state index contributed by atoms with van der Waals surface area (Å²) in [4.78, 5) is 23.4. The van der Waals surface area contributed by atoms with Gasteiger partial charge in [-0.3, -0.25) is 4.79 Å². The molecule has 24 heavy (non-hydrogen) atoms. The van der Waals surface area contributed by atoms with Gasteiger partial charge in [0.25, 0.3) is 0 Å². The smallest absolute Gasteiger partial charge is 0.387 e. The predicted molar refractivity (Wildman–Crippen MR) is 80.7 cm³/mol. The minimum absolute atomic E-state index is 0.00369. The number of ketones is 1. The molecule has 2 rings (SSSR count). The van der Waals surface area contributed by atoms with Gasteiger partial charge in [0.2, 0.25) is 5.78 Å². The predicted octanol–water partition coefficient (Wildman–Crippen LogP) is 3.34. The van der Waals surface area contributed by atoms with E-state index in [1.165, 1.54) is 55.6 Å². The fourth-order valence-corrected chi connectivity index (χ4v) is 1.93. The second-order valence-corrected chi connectivity index (χ2v) is 4.60. The number of methoxy groups -OCH3 is 1. The largest absolute Gasteiger partial charge is 0.485 e. The molecule has 0 heterocycles. The van der Waals surface area contributed by atoms with Gasteiger partial charge in [0.1, 0.15) is 11.5 Å². The molecule has 0 unspecified atom stereocenters. The molecule has 0 aliphatic carbocycles. The number of Topliss-reactive ketones (excluding diaryl/α,β-unsaturated/α-hetero) is 1. The highest BCUT2D eigenvalue weighted by molar-refractivity contribution is 5.99. The zero-order valence-corrected chi connectivity index (χ0v) is 12.7. The first-order valence-electron chi connectivity index (χ1n) is 6.89. The van der Waals surface area contributed by atoms with E-state index < -0.39 is 18.4 Å². The number of hydrogen-bond donors (Lipinski definition) is 0. The fourth-order valence-electron chi connectivity index (χ4n) is 1.93. The summed E-state index contributed by atoms with van der Waals surface area (Å²) >= 11 is 0. The first-order valence-corrected chi connectivity index (χ1v) is 6.89. The number of benzene rings is 2. The van der Waals surface area contributed by atoms with Crippen LogP contribution in [0, 0.1) is 0 Å². The number of alkyl halides is 2. The van der Waals surface area contributed by atoms with Gasteiger partial charge in [0, 0.05) is 0 Å². The highest BCUT2D eigenvalue weighted by Crippen LogP contribution is 2.21. The van der Waals surface area contributed by atoms with Crippen molar-refractivity contribution >= 4 is 11.8 Å². The average Bonchev–Trinajstić information content (AvgIpc) is 2.59. The van der Waals surface area contributed by atoms with Crippen molar-refractivity contribution in [3.8, 4) is 11.5 Å². The highest BCUT2D eigenvalue weighted by Gasteiger charge is 2.16. The molecule has 0 radical (unpaired) electrons. The number of rotatable bonds is 7. The van der Waals surface area contributed by atoms with Gasteiger partial charge >= 0.3 is 12.6 Å². The number of hydrogen-bond acceptors (Lipinski definition) is 5. The molecule has 0 aliphatic heterocycles. The van der Waals surface area contributed by atoms with E-state index in [0.29, 0.717) is 11.3 Å². The molecular weight excluding hydrogens is 322 g/mol. The Balaban J connectivity index is 2.02. The van der Waals surface area contributed by atoms with E-state index in [1.807, 2.05) is 0 Å².